The summed E-state index contributed by atoms with van der Waals surface area (Å²) in [7, 11) is 1.32. The van der Waals surface area contributed by atoms with E-state index in [9.17, 15) is 14.4 Å². The normalized spacial score (nSPS) is 16.0. The number of esters is 1. The van der Waals surface area contributed by atoms with E-state index in [1.54, 1.807) is 24.3 Å². The zero-order chi connectivity index (χ0) is 17.4. The topological polar surface area (TPSA) is 84.5 Å². The number of hydrogen-bond donors (Lipinski definition) is 2. The Morgan fingerprint density at radius 3 is 2.42 bits per heavy atom. The Balaban J connectivity index is 1.88. The van der Waals surface area contributed by atoms with E-state index in [2.05, 4.69) is 10.6 Å². The summed E-state index contributed by atoms with van der Waals surface area (Å²) >= 11 is 0. The fourth-order valence-electron chi connectivity index (χ4n) is 3.04. The van der Waals surface area contributed by atoms with Gasteiger partial charge in [-0.1, -0.05) is 37.5 Å². The van der Waals surface area contributed by atoms with Crippen molar-refractivity contribution < 1.29 is 19.1 Å². The van der Waals surface area contributed by atoms with Gasteiger partial charge < -0.3 is 15.4 Å². The molecule has 2 amide bonds. The third-order valence-corrected chi connectivity index (χ3v) is 4.34. The first-order valence-electron chi connectivity index (χ1n) is 8.32. The summed E-state index contributed by atoms with van der Waals surface area (Å²) in [4.78, 5) is 36.0. The number of methoxy groups -OCH3 is 1. The molecule has 0 aliphatic heterocycles. The maximum Gasteiger partial charge on any atom is 0.328 e. The molecule has 1 aromatic rings. The summed E-state index contributed by atoms with van der Waals surface area (Å²) in [6.45, 7) is -0.173. The van der Waals surface area contributed by atoms with Gasteiger partial charge in [-0.15, -0.1) is 0 Å². The summed E-state index contributed by atoms with van der Waals surface area (Å²) in [5.74, 6) is -1.04. The van der Waals surface area contributed by atoms with Crippen LogP contribution in [0.1, 0.15) is 42.5 Å². The van der Waals surface area contributed by atoms with E-state index in [-0.39, 0.29) is 24.3 Å². The summed E-state index contributed by atoms with van der Waals surface area (Å²) in [6, 6.07) is 8.03. The van der Waals surface area contributed by atoms with Crippen molar-refractivity contribution >= 4 is 17.8 Å². The quantitative estimate of drug-likeness (QED) is 0.776. The second kappa shape index (κ2) is 9.05. The number of nitrogens with one attached hydrogen (secondary N) is 2. The van der Waals surface area contributed by atoms with Crippen molar-refractivity contribution in [2.24, 2.45) is 5.92 Å². The van der Waals surface area contributed by atoms with Gasteiger partial charge in [0.25, 0.3) is 5.91 Å². The first kappa shape index (κ1) is 18.0. The Labute approximate surface area is 142 Å². The minimum atomic E-state index is -0.642. The summed E-state index contributed by atoms with van der Waals surface area (Å²) < 4.78 is 4.82. The van der Waals surface area contributed by atoms with Crippen LogP contribution in [0.5, 0.6) is 0 Å². The Morgan fingerprint density at radius 2 is 1.79 bits per heavy atom. The lowest BCUT2D eigenvalue weighted by Crippen LogP contribution is -2.50. The fraction of sp³-hybridized carbons (Fsp3) is 0.500. The molecule has 24 heavy (non-hydrogen) atoms. The lowest BCUT2D eigenvalue weighted by atomic mass is 9.84. The largest absolute Gasteiger partial charge is 0.467 e. The molecule has 0 radical (unpaired) electrons. The van der Waals surface area contributed by atoms with Crippen LogP contribution in [-0.4, -0.2) is 37.5 Å². The van der Waals surface area contributed by atoms with Crippen LogP contribution in [0.3, 0.4) is 0 Å². The van der Waals surface area contributed by atoms with E-state index in [1.807, 2.05) is 6.07 Å². The first-order valence-corrected chi connectivity index (χ1v) is 8.32. The molecule has 0 heterocycles. The molecular formula is C18H24N2O4. The number of ether oxygens (including phenoxy) is 1. The first-order chi connectivity index (χ1) is 11.6. The Morgan fingerprint density at radius 1 is 1.12 bits per heavy atom. The summed E-state index contributed by atoms with van der Waals surface area (Å²) in [6.07, 6.45) is 5.07. The molecule has 6 heteroatoms. The molecule has 1 fully saturated rings. The summed E-state index contributed by atoms with van der Waals surface area (Å²) in [5, 5.41) is 5.28. The molecule has 0 aromatic heterocycles. The van der Waals surface area contributed by atoms with Crippen molar-refractivity contribution in [3.63, 3.8) is 0 Å². The predicted molar refractivity (Wildman–Crippen MR) is 89.3 cm³/mol. The van der Waals surface area contributed by atoms with Gasteiger partial charge in [-0.2, -0.15) is 0 Å². The summed E-state index contributed by atoms with van der Waals surface area (Å²) in [5.41, 5.74) is 0.488. The van der Waals surface area contributed by atoms with Gasteiger partial charge in [-0.3, -0.25) is 9.59 Å². The van der Waals surface area contributed by atoms with Gasteiger partial charge in [0.1, 0.15) is 6.04 Å². The van der Waals surface area contributed by atoms with E-state index < -0.39 is 12.0 Å². The number of benzene rings is 1. The Hall–Kier alpha value is -2.37. The molecule has 1 aliphatic carbocycles. The van der Waals surface area contributed by atoms with Crippen LogP contribution in [-0.2, 0) is 14.3 Å². The van der Waals surface area contributed by atoms with Crippen LogP contribution in [0, 0.1) is 5.92 Å². The van der Waals surface area contributed by atoms with Crippen LogP contribution >= 0.6 is 0 Å². The second-order valence-corrected chi connectivity index (χ2v) is 6.02. The van der Waals surface area contributed by atoms with Crippen LogP contribution in [0.2, 0.25) is 0 Å². The fourth-order valence-corrected chi connectivity index (χ4v) is 3.04. The van der Waals surface area contributed by atoms with E-state index in [1.165, 1.54) is 7.11 Å². The van der Waals surface area contributed by atoms with Gasteiger partial charge in [-0.05, 0) is 30.9 Å². The lowest BCUT2D eigenvalue weighted by Gasteiger charge is -2.29. The molecule has 0 saturated heterocycles. The molecule has 1 atom stereocenters. The molecular weight excluding hydrogens is 308 g/mol. The van der Waals surface area contributed by atoms with Crippen LogP contribution < -0.4 is 10.6 Å². The average Bonchev–Trinajstić information content (AvgIpc) is 2.65. The minimum Gasteiger partial charge on any atom is -0.467 e. The van der Waals surface area contributed by atoms with E-state index in [0.717, 1.165) is 32.1 Å². The van der Waals surface area contributed by atoms with Crippen molar-refractivity contribution in [2.75, 3.05) is 13.7 Å². The average molecular weight is 332 g/mol. The highest BCUT2D eigenvalue weighted by molar-refractivity contribution is 5.96. The van der Waals surface area contributed by atoms with Gasteiger partial charge in [-0.25, -0.2) is 4.79 Å². The maximum absolute atomic E-state index is 12.1. The second-order valence-electron chi connectivity index (χ2n) is 6.02. The smallest absolute Gasteiger partial charge is 0.328 e. The van der Waals surface area contributed by atoms with E-state index in [0.29, 0.717) is 5.56 Å². The molecule has 2 N–H and O–H groups in total. The SMILES string of the molecule is COC(=O)[C@H](NC(=O)CNC(=O)c1ccccc1)C1CCCCC1. The van der Waals surface area contributed by atoms with E-state index >= 15 is 0 Å². The Bertz CT molecular complexity index is 568. The number of carbonyl (C=O) groups is 3. The molecule has 1 aliphatic rings. The van der Waals surface area contributed by atoms with Crippen molar-refractivity contribution in [1.29, 1.82) is 0 Å². The molecule has 1 saturated carbocycles. The third-order valence-electron chi connectivity index (χ3n) is 4.34. The molecule has 0 spiro atoms. The zero-order valence-corrected chi connectivity index (χ0v) is 13.9. The van der Waals surface area contributed by atoms with Gasteiger partial charge in [0, 0.05) is 5.56 Å². The number of rotatable bonds is 6. The molecule has 0 bridgehead atoms. The van der Waals surface area contributed by atoms with Crippen LogP contribution in [0.25, 0.3) is 0 Å². The Kier molecular flexibility index (Phi) is 6.78. The van der Waals surface area contributed by atoms with Crippen molar-refractivity contribution in [3.05, 3.63) is 35.9 Å². The molecule has 130 valence electrons. The van der Waals surface area contributed by atoms with Crippen molar-refractivity contribution in [2.45, 2.75) is 38.1 Å². The zero-order valence-electron chi connectivity index (χ0n) is 13.9. The standard InChI is InChI=1S/C18H24N2O4/c1-24-18(23)16(13-8-4-2-5-9-13)20-15(21)12-19-17(22)14-10-6-3-7-11-14/h3,6-7,10-11,13,16H,2,4-5,8-9,12H2,1H3,(H,19,22)(H,20,21)/t16-/m1/s1. The van der Waals surface area contributed by atoms with Crippen molar-refractivity contribution in [3.8, 4) is 0 Å². The highest BCUT2D eigenvalue weighted by Crippen LogP contribution is 2.27. The minimum absolute atomic E-state index is 0.0972. The highest BCUT2D eigenvalue weighted by atomic mass is 16.5. The van der Waals surface area contributed by atoms with Gasteiger partial charge in [0.05, 0.1) is 13.7 Å². The predicted octanol–water partition coefficient (Wildman–Crippen LogP) is 1.65. The van der Waals surface area contributed by atoms with Gasteiger partial charge in [0.2, 0.25) is 5.91 Å². The number of amides is 2. The number of hydrogen-bond acceptors (Lipinski definition) is 4. The van der Waals surface area contributed by atoms with Crippen molar-refractivity contribution in [1.82, 2.24) is 10.6 Å². The van der Waals surface area contributed by atoms with E-state index in [4.69, 9.17) is 4.74 Å². The van der Waals surface area contributed by atoms with Crippen LogP contribution in [0.15, 0.2) is 30.3 Å². The molecule has 0 unspecified atom stereocenters. The lowest BCUT2D eigenvalue weighted by molar-refractivity contribution is -0.147. The van der Waals surface area contributed by atoms with Gasteiger partial charge >= 0.3 is 5.97 Å². The van der Waals surface area contributed by atoms with Gasteiger partial charge in [0.15, 0.2) is 0 Å². The van der Waals surface area contributed by atoms with Crippen LogP contribution in [0.4, 0.5) is 0 Å². The molecule has 2 rings (SSSR count). The monoisotopic (exact) mass is 332 g/mol. The molecule has 1 aromatic carbocycles. The third kappa shape index (κ3) is 5.08. The highest BCUT2D eigenvalue weighted by Gasteiger charge is 2.31. The maximum atomic E-state index is 12.1. The molecule has 6 nitrogen and oxygen atoms in total. The number of carbonyl (C=O) groups excluding carboxylic acids is 3.